The van der Waals surface area contributed by atoms with Gasteiger partial charge in [-0.15, -0.1) is 0 Å². The lowest BCUT2D eigenvalue weighted by molar-refractivity contribution is -0.0598. The number of hydrazine groups is 1. The molecule has 1 heterocycles. The van der Waals surface area contributed by atoms with Crippen molar-refractivity contribution in [3.8, 4) is 0 Å². The highest BCUT2D eigenvalue weighted by Crippen LogP contribution is 2.41. The molecule has 0 aliphatic heterocycles. The number of nitrogen functional groups attached to an aromatic ring is 1. The van der Waals surface area contributed by atoms with Gasteiger partial charge in [-0.05, 0) is 31.6 Å². The summed E-state index contributed by atoms with van der Waals surface area (Å²) in [4.78, 5) is 9.40. The minimum Gasteiger partial charge on any atom is -0.370 e. The molecule has 21 heavy (non-hydrogen) atoms. The monoisotopic (exact) mass is 292 g/mol. The topological polar surface area (TPSA) is 73.1 Å². The first-order valence-electron chi connectivity index (χ1n) is 7.72. The van der Waals surface area contributed by atoms with Crippen LogP contribution in [0.3, 0.4) is 0 Å². The van der Waals surface area contributed by atoms with Crippen molar-refractivity contribution in [2.75, 3.05) is 12.5 Å². The molecule has 0 bridgehead atoms. The maximum atomic E-state index is 5.89. The summed E-state index contributed by atoms with van der Waals surface area (Å²) in [5.74, 6) is 7.74. The minimum atomic E-state index is -0.376. The predicted molar refractivity (Wildman–Crippen MR) is 84.9 cm³/mol. The first-order valence-corrected chi connectivity index (χ1v) is 7.72. The van der Waals surface area contributed by atoms with Crippen LogP contribution < -0.4 is 11.3 Å². The Morgan fingerprint density at radius 3 is 2.38 bits per heavy atom. The molecule has 3 N–H and O–H groups in total. The smallest absolute Gasteiger partial charge is 0.162 e. The van der Waals surface area contributed by atoms with Crippen molar-refractivity contribution in [3.05, 3.63) is 17.6 Å². The minimum absolute atomic E-state index is 0.0554. The summed E-state index contributed by atoms with van der Waals surface area (Å²) in [6.45, 7) is 8.71. The second kappa shape index (κ2) is 5.89. The molecule has 0 radical (unpaired) electrons. The maximum Gasteiger partial charge on any atom is 0.162 e. The zero-order valence-electron chi connectivity index (χ0n) is 13.9. The summed E-state index contributed by atoms with van der Waals surface area (Å²) < 4.78 is 5.89. The van der Waals surface area contributed by atoms with Gasteiger partial charge in [0, 0.05) is 18.6 Å². The number of rotatable bonds is 3. The average molecular weight is 292 g/mol. The molecule has 5 heteroatoms. The number of hydrogen-bond acceptors (Lipinski definition) is 5. The number of nitrogens with zero attached hydrogens (tertiary/aromatic N) is 2. The third-order valence-electron chi connectivity index (χ3n) is 4.52. The highest BCUT2D eigenvalue weighted by atomic mass is 16.5. The van der Waals surface area contributed by atoms with Crippen molar-refractivity contribution in [1.82, 2.24) is 9.97 Å². The second-order valence-corrected chi connectivity index (χ2v) is 7.24. The first-order chi connectivity index (χ1) is 9.80. The van der Waals surface area contributed by atoms with E-state index in [4.69, 9.17) is 15.6 Å². The summed E-state index contributed by atoms with van der Waals surface area (Å²) in [6.07, 6.45) is 4.20. The van der Waals surface area contributed by atoms with E-state index >= 15 is 0 Å². The largest absolute Gasteiger partial charge is 0.370 e. The van der Waals surface area contributed by atoms with E-state index in [0.29, 0.717) is 5.82 Å². The molecule has 1 fully saturated rings. The summed E-state index contributed by atoms with van der Waals surface area (Å²) >= 11 is 0. The van der Waals surface area contributed by atoms with Gasteiger partial charge in [0.25, 0.3) is 0 Å². The SMILES string of the molecule is COC1(c2nc(NN)cc(C(C)(C)C)n2)CCC(C)CC1. The van der Waals surface area contributed by atoms with Crippen molar-refractivity contribution in [2.24, 2.45) is 11.8 Å². The standard InChI is InChI=1S/C16H28N4O/c1-11-6-8-16(21-5,9-7-11)14-18-12(15(2,3)4)10-13(19-14)20-17/h10-11H,6-9,17H2,1-5H3,(H,18,19,20). The van der Waals surface area contributed by atoms with Gasteiger partial charge < -0.3 is 10.2 Å². The van der Waals surface area contributed by atoms with Crippen LogP contribution in [0, 0.1) is 5.92 Å². The van der Waals surface area contributed by atoms with Crippen molar-refractivity contribution in [2.45, 2.75) is 64.4 Å². The van der Waals surface area contributed by atoms with Crippen molar-refractivity contribution in [3.63, 3.8) is 0 Å². The number of hydrogen-bond donors (Lipinski definition) is 2. The summed E-state index contributed by atoms with van der Waals surface area (Å²) in [5, 5.41) is 0. The van der Waals surface area contributed by atoms with Gasteiger partial charge in [-0.25, -0.2) is 15.8 Å². The number of nitrogens with two attached hydrogens (primary N) is 1. The Morgan fingerprint density at radius 1 is 1.29 bits per heavy atom. The van der Waals surface area contributed by atoms with E-state index in [9.17, 15) is 0 Å². The molecular weight excluding hydrogens is 264 g/mol. The molecule has 0 aromatic carbocycles. The normalized spacial score (nSPS) is 26.7. The van der Waals surface area contributed by atoms with E-state index in [2.05, 4.69) is 38.1 Å². The van der Waals surface area contributed by atoms with Gasteiger partial charge >= 0.3 is 0 Å². The van der Waals surface area contributed by atoms with Crippen molar-refractivity contribution in [1.29, 1.82) is 0 Å². The molecule has 0 saturated heterocycles. The molecule has 1 saturated carbocycles. The van der Waals surface area contributed by atoms with Crippen molar-refractivity contribution >= 4 is 5.82 Å². The Balaban J connectivity index is 2.46. The van der Waals surface area contributed by atoms with Crippen LogP contribution in [0.4, 0.5) is 5.82 Å². The number of ether oxygens (including phenoxy) is 1. The van der Waals surface area contributed by atoms with Crippen LogP contribution in [-0.2, 0) is 15.8 Å². The Hall–Kier alpha value is -1.20. The molecule has 1 aliphatic carbocycles. The summed E-state index contributed by atoms with van der Waals surface area (Å²) in [5.41, 5.74) is 3.21. The molecule has 5 nitrogen and oxygen atoms in total. The predicted octanol–water partition coefficient (Wildman–Crippen LogP) is 3.11. The Bertz CT molecular complexity index is 488. The highest BCUT2D eigenvalue weighted by Gasteiger charge is 2.39. The summed E-state index contributed by atoms with van der Waals surface area (Å²) in [6, 6.07) is 1.91. The quantitative estimate of drug-likeness (QED) is 0.661. The van der Waals surface area contributed by atoms with Crippen LogP contribution in [0.5, 0.6) is 0 Å². The van der Waals surface area contributed by atoms with E-state index < -0.39 is 0 Å². The van der Waals surface area contributed by atoms with Crippen LogP contribution in [-0.4, -0.2) is 17.1 Å². The number of aromatic nitrogens is 2. The van der Waals surface area contributed by atoms with Crippen LogP contribution in [0.15, 0.2) is 6.07 Å². The molecule has 118 valence electrons. The van der Waals surface area contributed by atoms with Gasteiger partial charge in [0.15, 0.2) is 5.82 Å². The number of anilines is 1. The first kappa shape index (κ1) is 16.2. The zero-order valence-corrected chi connectivity index (χ0v) is 13.9. The van der Waals surface area contributed by atoms with Crippen LogP contribution in [0.25, 0.3) is 0 Å². The molecule has 0 spiro atoms. The fourth-order valence-corrected chi connectivity index (χ4v) is 2.86. The van der Waals surface area contributed by atoms with Gasteiger partial charge in [-0.3, -0.25) is 0 Å². The highest BCUT2D eigenvalue weighted by molar-refractivity contribution is 5.37. The third-order valence-corrected chi connectivity index (χ3v) is 4.52. The van der Waals surface area contributed by atoms with E-state index in [1.54, 1.807) is 7.11 Å². The third kappa shape index (κ3) is 3.35. The lowest BCUT2D eigenvalue weighted by Gasteiger charge is -2.37. The molecule has 0 unspecified atom stereocenters. The zero-order chi connectivity index (χ0) is 15.7. The van der Waals surface area contributed by atoms with Gasteiger partial charge in [-0.1, -0.05) is 27.7 Å². The summed E-state index contributed by atoms with van der Waals surface area (Å²) in [7, 11) is 1.76. The molecule has 0 amide bonds. The van der Waals surface area contributed by atoms with E-state index in [-0.39, 0.29) is 11.0 Å². The molecular formula is C16H28N4O. The fraction of sp³-hybridized carbons (Fsp3) is 0.750. The van der Waals surface area contributed by atoms with E-state index in [1.165, 1.54) is 0 Å². The van der Waals surface area contributed by atoms with Crippen LogP contribution in [0.2, 0.25) is 0 Å². The van der Waals surface area contributed by atoms with E-state index in [1.807, 2.05) is 6.07 Å². The molecule has 1 aromatic heterocycles. The molecule has 2 rings (SSSR count). The van der Waals surface area contributed by atoms with E-state index in [0.717, 1.165) is 43.1 Å². The average Bonchev–Trinajstić information content (AvgIpc) is 2.47. The fourth-order valence-electron chi connectivity index (χ4n) is 2.86. The lowest BCUT2D eigenvalue weighted by Crippen LogP contribution is -2.36. The second-order valence-electron chi connectivity index (χ2n) is 7.24. The Labute approximate surface area is 127 Å². The Morgan fingerprint density at radius 2 is 1.90 bits per heavy atom. The van der Waals surface area contributed by atoms with Gasteiger partial charge in [0.1, 0.15) is 11.4 Å². The van der Waals surface area contributed by atoms with Gasteiger partial charge in [0.2, 0.25) is 0 Å². The van der Waals surface area contributed by atoms with Crippen molar-refractivity contribution < 1.29 is 4.74 Å². The van der Waals surface area contributed by atoms with Gasteiger partial charge in [-0.2, -0.15) is 0 Å². The molecule has 1 aliphatic rings. The number of nitrogens with one attached hydrogen (secondary N) is 1. The molecule has 1 aromatic rings. The Kier molecular flexibility index (Phi) is 4.54. The molecule has 0 atom stereocenters. The lowest BCUT2D eigenvalue weighted by atomic mass is 9.78. The van der Waals surface area contributed by atoms with Crippen LogP contribution in [0.1, 0.15) is 64.9 Å². The van der Waals surface area contributed by atoms with Gasteiger partial charge in [0.05, 0.1) is 5.69 Å². The number of methoxy groups -OCH3 is 1. The maximum absolute atomic E-state index is 5.89. The van der Waals surface area contributed by atoms with Crippen LogP contribution >= 0.6 is 0 Å².